The molecule has 5 heteroatoms. The Labute approximate surface area is 80.1 Å². The van der Waals surface area contributed by atoms with Gasteiger partial charge in [0, 0.05) is 0 Å². The lowest BCUT2D eigenvalue weighted by atomic mass is 11.2. The van der Waals surface area contributed by atoms with Gasteiger partial charge < -0.3 is 0 Å². The summed E-state index contributed by atoms with van der Waals surface area (Å²) in [6, 6.07) is 0. The summed E-state index contributed by atoms with van der Waals surface area (Å²) >= 11 is 17.0. The van der Waals surface area contributed by atoms with Crippen LogP contribution >= 0.6 is 34.3 Å². The van der Waals surface area contributed by atoms with E-state index in [1.807, 2.05) is 24.5 Å². The van der Waals surface area contributed by atoms with Crippen LogP contribution < -0.4 is 0 Å². The zero-order valence-electron chi connectivity index (χ0n) is 5.87. The van der Waals surface area contributed by atoms with Crippen LogP contribution in [0.1, 0.15) is 0 Å². The number of hydrogen-bond acceptors (Lipinski definition) is 0. The van der Waals surface area contributed by atoms with Gasteiger partial charge in [-0.2, -0.15) is 11.1 Å². The highest BCUT2D eigenvalue weighted by Gasteiger charge is 2.10. The number of halogens is 3. The lowest BCUT2D eigenvalue weighted by Crippen LogP contribution is -2.13. The van der Waals surface area contributed by atoms with Gasteiger partial charge in [0.05, 0.1) is 4.46 Å². The smallest absolute Gasteiger partial charge is 0.162 e. The van der Waals surface area contributed by atoms with Gasteiger partial charge in [0.15, 0.2) is 7.38 Å². The van der Waals surface area contributed by atoms with E-state index in [-0.39, 0.29) is 4.46 Å². The molecule has 2 radical (unpaired) electrons. The molecule has 0 saturated heterocycles. The minimum atomic E-state index is -1.54. The molecule has 0 atom stereocenters. The third kappa shape index (κ3) is 9.04. The van der Waals surface area contributed by atoms with Gasteiger partial charge in [-0.15, -0.1) is 28.9 Å². The van der Waals surface area contributed by atoms with E-state index in [0.717, 1.165) is 0 Å². The highest BCUT2D eigenvalue weighted by Crippen LogP contribution is 2.09. The Hall–Kier alpha value is 1.04. The summed E-state index contributed by atoms with van der Waals surface area (Å²) in [5.41, 5.74) is 4.01. The molecule has 0 spiro atoms. The molecule has 0 amide bonds. The van der Waals surface area contributed by atoms with Crippen molar-refractivity contribution in [1.82, 2.24) is 0 Å². The Bertz CT molecular complexity index is 117. The van der Waals surface area contributed by atoms with Crippen LogP contribution in [0.2, 0.25) is 13.1 Å². The second kappa shape index (κ2) is 4.83. The van der Waals surface area contributed by atoms with Crippen molar-refractivity contribution < 1.29 is 0 Å². The van der Waals surface area contributed by atoms with Gasteiger partial charge in [-0.25, -0.2) is 0 Å². The van der Waals surface area contributed by atoms with Crippen LogP contribution in [-0.2, 0) is 0 Å². The molecule has 0 bridgehead atoms. The highest BCUT2D eigenvalue weighted by atomic mass is 35.6. The zero-order chi connectivity index (χ0) is 8.20. The predicted octanol–water partition coefficient (Wildman–Crippen LogP) is 2.95. The fourth-order valence-electron chi connectivity index (χ4n) is 0.319. The highest BCUT2D eigenvalue weighted by molar-refractivity contribution is 7.22. The monoisotopic (exact) mass is 230 g/mol. The summed E-state index contributed by atoms with van der Waals surface area (Å²) in [5.74, 6) is 0. The SMILES string of the molecule is C[Si](C)(Cl)C=C[Si]C(Cl)Cl. The molecule has 0 N–H and O–H groups in total. The van der Waals surface area contributed by atoms with Crippen molar-refractivity contribution in [3.63, 3.8) is 0 Å². The first-order valence-corrected chi connectivity index (χ1v) is 8.94. The normalized spacial score (nSPS) is 13.4. The first-order chi connectivity index (χ1) is 4.42. The van der Waals surface area contributed by atoms with Crippen LogP contribution in [0.4, 0.5) is 0 Å². The molecular weight excluding hydrogens is 223 g/mol. The van der Waals surface area contributed by atoms with Crippen LogP contribution in [0, 0.1) is 0 Å². The van der Waals surface area contributed by atoms with E-state index in [0.29, 0.717) is 9.52 Å². The molecule has 0 saturated carbocycles. The van der Waals surface area contributed by atoms with Gasteiger partial charge in [0.2, 0.25) is 0 Å². The maximum Gasteiger partial charge on any atom is 0.173 e. The molecule has 58 valence electrons. The maximum atomic E-state index is 5.99. The quantitative estimate of drug-likeness (QED) is 0.398. The lowest BCUT2D eigenvalue weighted by molar-refractivity contribution is 1.88. The average molecular weight is 232 g/mol. The fourth-order valence-corrected chi connectivity index (χ4v) is 3.44. The summed E-state index contributed by atoms with van der Waals surface area (Å²) in [5, 5.41) is 0. The summed E-state index contributed by atoms with van der Waals surface area (Å²) in [6.07, 6.45) is 0. The fraction of sp³-hybridized carbons (Fsp3) is 0.600. The van der Waals surface area contributed by atoms with Crippen molar-refractivity contribution >= 4 is 51.2 Å². The van der Waals surface area contributed by atoms with Crippen molar-refractivity contribution in [2.45, 2.75) is 17.6 Å². The Balaban J connectivity index is 3.57. The van der Waals surface area contributed by atoms with Gasteiger partial charge in [-0.05, 0) is 0 Å². The van der Waals surface area contributed by atoms with E-state index in [1.54, 1.807) is 0 Å². The van der Waals surface area contributed by atoms with Crippen LogP contribution in [0.15, 0.2) is 11.4 Å². The molecule has 0 nitrogen and oxygen atoms in total. The summed E-state index contributed by atoms with van der Waals surface area (Å²) in [6.45, 7) is 4.10. The van der Waals surface area contributed by atoms with Gasteiger partial charge in [0.25, 0.3) is 0 Å². The molecular formula is C5H9Cl3Si2. The second-order valence-electron chi connectivity index (χ2n) is 2.37. The first-order valence-electron chi connectivity index (χ1n) is 2.82. The molecule has 0 aromatic rings. The Morgan fingerprint density at radius 3 is 2.20 bits per heavy atom. The molecule has 0 unspecified atom stereocenters. The van der Waals surface area contributed by atoms with Crippen LogP contribution in [0.5, 0.6) is 0 Å². The summed E-state index contributed by atoms with van der Waals surface area (Å²) in [7, 11) is -1.08. The molecule has 0 fully saturated rings. The van der Waals surface area contributed by atoms with Crippen LogP contribution in [0.25, 0.3) is 0 Å². The molecule has 0 rings (SSSR count). The third-order valence-corrected chi connectivity index (χ3v) is 3.74. The minimum absolute atomic E-state index is 0.274. The van der Waals surface area contributed by atoms with Crippen LogP contribution in [0.3, 0.4) is 0 Å². The van der Waals surface area contributed by atoms with Crippen LogP contribution in [-0.4, -0.2) is 21.4 Å². The van der Waals surface area contributed by atoms with Crippen molar-refractivity contribution in [2.75, 3.05) is 0 Å². The van der Waals surface area contributed by atoms with Crippen molar-refractivity contribution in [3.8, 4) is 0 Å². The van der Waals surface area contributed by atoms with E-state index >= 15 is 0 Å². The average Bonchev–Trinajstić information content (AvgIpc) is 1.59. The molecule has 0 aliphatic carbocycles. The second-order valence-corrected chi connectivity index (χ2v) is 11.8. The lowest BCUT2D eigenvalue weighted by Gasteiger charge is -2.03. The molecule has 0 aromatic carbocycles. The van der Waals surface area contributed by atoms with E-state index < -0.39 is 7.38 Å². The third-order valence-electron chi connectivity index (χ3n) is 0.702. The Morgan fingerprint density at radius 2 is 1.90 bits per heavy atom. The zero-order valence-corrected chi connectivity index (χ0v) is 10.1. The summed E-state index contributed by atoms with van der Waals surface area (Å²) < 4.78 is -0.274. The van der Waals surface area contributed by atoms with Gasteiger partial charge >= 0.3 is 0 Å². The molecule has 0 aliphatic rings. The van der Waals surface area contributed by atoms with E-state index in [9.17, 15) is 0 Å². The van der Waals surface area contributed by atoms with E-state index in [4.69, 9.17) is 34.3 Å². The minimum Gasteiger partial charge on any atom is -0.162 e. The van der Waals surface area contributed by atoms with E-state index in [1.165, 1.54) is 0 Å². The topological polar surface area (TPSA) is 0 Å². The van der Waals surface area contributed by atoms with Crippen molar-refractivity contribution in [2.24, 2.45) is 0 Å². The largest absolute Gasteiger partial charge is 0.173 e. The number of hydrogen-bond donors (Lipinski definition) is 0. The predicted molar refractivity (Wildman–Crippen MR) is 53.7 cm³/mol. The molecule has 0 heterocycles. The Morgan fingerprint density at radius 1 is 1.40 bits per heavy atom. The van der Waals surface area contributed by atoms with Gasteiger partial charge in [-0.1, -0.05) is 18.8 Å². The first kappa shape index (κ1) is 11.0. The standard InChI is InChI=1S/C5H9Cl3Si2/c1-10(2,8)4-3-9-5(6)7/h3-5H,1-2H3. The van der Waals surface area contributed by atoms with Crippen molar-refractivity contribution in [1.29, 1.82) is 0 Å². The van der Waals surface area contributed by atoms with E-state index in [2.05, 4.69) is 0 Å². The van der Waals surface area contributed by atoms with Gasteiger partial charge in [-0.3, -0.25) is 0 Å². The summed E-state index contributed by atoms with van der Waals surface area (Å²) in [4.78, 5) is 0. The number of rotatable bonds is 3. The molecule has 10 heavy (non-hydrogen) atoms. The molecule has 0 aliphatic heterocycles. The number of alkyl halides is 2. The van der Waals surface area contributed by atoms with Gasteiger partial charge in [0.1, 0.15) is 9.52 Å². The maximum absolute atomic E-state index is 5.99. The molecule has 0 aromatic heterocycles. The van der Waals surface area contributed by atoms with Crippen molar-refractivity contribution in [3.05, 3.63) is 11.4 Å². The Kier molecular flexibility index (Phi) is 5.33.